The van der Waals surface area contributed by atoms with Gasteiger partial charge in [0.25, 0.3) is 0 Å². The van der Waals surface area contributed by atoms with E-state index in [4.69, 9.17) is 18.3 Å². The number of hydrogen-bond donors (Lipinski definition) is 0. The molecule has 4 aromatic rings. The fraction of sp³-hybridized carbons (Fsp3) is 0.200. The van der Waals surface area contributed by atoms with Gasteiger partial charge in [0.15, 0.2) is 17.0 Å². The minimum absolute atomic E-state index is 0.179. The highest BCUT2D eigenvalue weighted by Gasteiger charge is 2.23. The minimum atomic E-state index is -0.498. The third kappa shape index (κ3) is 2.42. The zero-order chi connectivity index (χ0) is 18.3. The molecule has 132 valence electrons. The Morgan fingerprint density at radius 2 is 1.96 bits per heavy atom. The molecule has 0 fully saturated rings. The molecule has 4 rings (SSSR count). The van der Waals surface area contributed by atoms with Gasteiger partial charge in [-0.3, -0.25) is 0 Å². The van der Waals surface area contributed by atoms with Crippen LogP contribution in [0, 0.1) is 6.92 Å². The molecule has 2 aromatic carbocycles. The van der Waals surface area contributed by atoms with Crippen LogP contribution in [0.25, 0.3) is 33.4 Å². The molecule has 0 saturated carbocycles. The van der Waals surface area contributed by atoms with E-state index in [9.17, 15) is 4.79 Å². The number of methoxy groups -OCH3 is 1. The van der Waals surface area contributed by atoms with Crippen molar-refractivity contribution in [1.29, 1.82) is 0 Å². The first-order chi connectivity index (χ1) is 12.6. The number of benzene rings is 2. The topological polar surface area (TPSA) is 74.7 Å². The lowest BCUT2D eigenvalue weighted by Gasteiger charge is -2.03. The Kier molecular flexibility index (Phi) is 3.88. The molecule has 0 aliphatic rings. The van der Waals surface area contributed by atoms with Crippen LogP contribution in [0.1, 0.15) is 23.2 Å². The maximum absolute atomic E-state index is 12.1. The van der Waals surface area contributed by atoms with Crippen LogP contribution in [0.4, 0.5) is 0 Å². The molecular formula is C20H17NO5. The molecule has 0 aliphatic heterocycles. The first-order valence-corrected chi connectivity index (χ1v) is 8.27. The lowest BCUT2D eigenvalue weighted by atomic mass is 10.1. The third-order valence-electron chi connectivity index (χ3n) is 4.21. The number of aromatic nitrogens is 1. The average Bonchev–Trinajstić information content (AvgIpc) is 3.22. The van der Waals surface area contributed by atoms with E-state index in [1.54, 1.807) is 27.0 Å². The van der Waals surface area contributed by atoms with E-state index < -0.39 is 5.97 Å². The van der Waals surface area contributed by atoms with E-state index in [0.29, 0.717) is 23.0 Å². The van der Waals surface area contributed by atoms with Crippen molar-refractivity contribution in [3.63, 3.8) is 0 Å². The van der Waals surface area contributed by atoms with Crippen molar-refractivity contribution in [2.75, 3.05) is 13.7 Å². The van der Waals surface area contributed by atoms with Gasteiger partial charge in [0, 0.05) is 16.3 Å². The quantitative estimate of drug-likeness (QED) is 0.495. The van der Waals surface area contributed by atoms with Gasteiger partial charge in [-0.25, -0.2) is 9.78 Å². The number of esters is 1. The molecule has 0 radical (unpaired) electrons. The summed E-state index contributed by atoms with van der Waals surface area (Å²) in [5.41, 5.74) is 2.25. The van der Waals surface area contributed by atoms with Crippen molar-refractivity contribution in [2.24, 2.45) is 0 Å². The molecule has 0 spiro atoms. The van der Waals surface area contributed by atoms with E-state index in [1.165, 1.54) is 0 Å². The van der Waals surface area contributed by atoms with Crippen LogP contribution < -0.4 is 4.74 Å². The SMILES string of the molecule is CCOC(=O)c1nc(-c2ccc(OC)c3oc4ccccc4c23)oc1C. The number of furan rings is 1. The van der Waals surface area contributed by atoms with Crippen LogP contribution in [-0.4, -0.2) is 24.7 Å². The molecule has 0 atom stereocenters. The van der Waals surface area contributed by atoms with Crippen molar-refractivity contribution < 1.29 is 23.1 Å². The zero-order valence-corrected chi connectivity index (χ0v) is 14.7. The first kappa shape index (κ1) is 16.2. The number of fused-ring (bicyclic) bond motifs is 3. The summed E-state index contributed by atoms with van der Waals surface area (Å²) < 4.78 is 22.2. The van der Waals surface area contributed by atoms with Gasteiger partial charge in [0.05, 0.1) is 13.7 Å². The van der Waals surface area contributed by atoms with Crippen molar-refractivity contribution in [3.8, 4) is 17.2 Å². The molecule has 0 saturated heterocycles. The lowest BCUT2D eigenvalue weighted by Crippen LogP contribution is -2.06. The highest BCUT2D eigenvalue weighted by Crippen LogP contribution is 2.41. The van der Waals surface area contributed by atoms with Gasteiger partial charge in [-0.1, -0.05) is 18.2 Å². The smallest absolute Gasteiger partial charge is 0.360 e. The number of ether oxygens (including phenoxy) is 2. The van der Waals surface area contributed by atoms with E-state index in [-0.39, 0.29) is 12.3 Å². The molecule has 6 nitrogen and oxygen atoms in total. The Morgan fingerprint density at radius 3 is 2.73 bits per heavy atom. The van der Waals surface area contributed by atoms with Gasteiger partial charge >= 0.3 is 5.97 Å². The zero-order valence-electron chi connectivity index (χ0n) is 14.7. The molecule has 0 unspecified atom stereocenters. The average molecular weight is 351 g/mol. The second-order valence-corrected chi connectivity index (χ2v) is 5.76. The normalized spacial score (nSPS) is 11.2. The Morgan fingerprint density at radius 1 is 1.15 bits per heavy atom. The standard InChI is InChI=1S/C20H17NO5/c1-4-24-20(22)17-11(2)25-19(21-17)13-9-10-15(23-3)18-16(13)12-7-5-6-8-14(12)26-18/h5-10H,4H2,1-3H3. The van der Waals surface area contributed by atoms with Gasteiger partial charge in [-0.15, -0.1) is 0 Å². The van der Waals surface area contributed by atoms with E-state index in [0.717, 1.165) is 21.9 Å². The monoisotopic (exact) mass is 351 g/mol. The number of hydrogen-bond acceptors (Lipinski definition) is 6. The number of nitrogens with zero attached hydrogens (tertiary/aromatic N) is 1. The fourth-order valence-corrected chi connectivity index (χ4v) is 3.04. The summed E-state index contributed by atoms with van der Waals surface area (Å²) in [7, 11) is 1.59. The van der Waals surface area contributed by atoms with Crippen LogP contribution in [-0.2, 0) is 4.74 Å². The maximum atomic E-state index is 12.1. The van der Waals surface area contributed by atoms with Crippen LogP contribution >= 0.6 is 0 Å². The second kappa shape index (κ2) is 6.22. The van der Waals surface area contributed by atoms with E-state index in [1.807, 2.05) is 30.3 Å². The molecule has 0 aliphatic carbocycles. The minimum Gasteiger partial charge on any atom is -0.493 e. The third-order valence-corrected chi connectivity index (χ3v) is 4.21. The van der Waals surface area contributed by atoms with E-state index in [2.05, 4.69) is 4.98 Å². The summed E-state index contributed by atoms with van der Waals surface area (Å²) >= 11 is 0. The number of para-hydroxylation sites is 1. The van der Waals surface area contributed by atoms with Gasteiger partial charge < -0.3 is 18.3 Å². The summed E-state index contributed by atoms with van der Waals surface area (Å²) in [5, 5.41) is 1.75. The lowest BCUT2D eigenvalue weighted by molar-refractivity contribution is 0.0518. The molecule has 0 amide bonds. The van der Waals surface area contributed by atoms with Crippen LogP contribution in [0.2, 0.25) is 0 Å². The number of rotatable bonds is 4. The summed E-state index contributed by atoms with van der Waals surface area (Å²) in [6.45, 7) is 3.72. The Balaban J connectivity index is 1.98. The maximum Gasteiger partial charge on any atom is 0.360 e. The summed E-state index contributed by atoms with van der Waals surface area (Å²) in [6, 6.07) is 11.3. The number of oxazole rings is 1. The summed E-state index contributed by atoms with van der Waals surface area (Å²) in [4.78, 5) is 16.4. The number of aryl methyl sites for hydroxylation is 1. The Labute approximate surface area is 149 Å². The molecule has 0 N–H and O–H groups in total. The Hall–Kier alpha value is -3.28. The highest BCUT2D eigenvalue weighted by molar-refractivity contribution is 6.13. The Bertz CT molecular complexity index is 1120. The van der Waals surface area contributed by atoms with E-state index >= 15 is 0 Å². The predicted molar refractivity (Wildman–Crippen MR) is 96.5 cm³/mol. The number of carbonyl (C=O) groups is 1. The highest BCUT2D eigenvalue weighted by atomic mass is 16.5. The molecule has 2 heterocycles. The van der Waals surface area contributed by atoms with Crippen molar-refractivity contribution >= 4 is 27.9 Å². The van der Waals surface area contributed by atoms with Crippen molar-refractivity contribution in [2.45, 2.75) is 13.8 Å². The van der Waals surface area contributed by atoms with Crippen molar-refractivity contribution in [3.05, 3.63) is 47.9 Å². The van der Waals surface area contributed by atoms with Gasteiger partial charge in [-0.05, 0) is 32.0 Å². The first-order valence-electron chi connectivity index (χ1n) is 8.27. The molecule has 0 bridgehead atoms. The molecule has 2 aromatic heterocycles. The van der Waals surface area contributed by atoms with Crippen LogP contribution in [0.15, 0.2) is 45.2 Å². The van der Waals surface area contributed by atoms with Gasteiger partial charge in [0.1, 0.15) is 11.3 Å². The largest absolute Gasteiger partial charge is 0.493 e. The van der Waals surface area contributed by atoms with Crippen molar-refractivity contribution in [1.82, 2.24) is 4.98 Å². The summed E-state index contributed by atoms with van der Waals surface area (Å²) in [5.74, 6) is 0.871. The second-order valence-electron chi connectivity index (χ2n) is 5.76. The van der Waals surface area contributed by atoms with Gasteiger partial charge in [0.2, 0.25) is 5.89 Å². The molecule has 26 heavy (non-hydrogen) atoms. The van der Waals surface area contributed by atoms with Crippen LogP contribution in [0.5, 0.6) is 5.75 Å². The number of carbonyl (C=O) groups excluding carboxylic acids is 1. The van der Waals surface area contributed by atoms with Gasteiger partial charge in [-0.2, -0.15) is 0 Å². The predicted octanol–water partition coefficient (Wildman–Crippen LogP) is 4.73. The molecule has 6 heteroatoms. The summed E-state index contributed by atoms with van der Waals surface area (Å²) in [6.07, 6.45) is 0. The van der Waals surface area contributed by atoms with Crippen LogP contribution in [0.3, 0.4) is 0 Å². The fourth-order valence-electron chi connectivity index (χ4n) is 3.04. The molecular weight excluding hydrogens is 334 g/mol.